The van der Waals surface area contributed by atoms with Crippen LogP contribution in [0, 0.1) is 17.6 Å². The van der Waals surface area contributed by atoms with Crippen molar-refractivity contribution in [3.8, 4) is 22.8 Å². The molecule has 1 fully saturated rings. The van der Waals surface area contributed by atoms with Gasteiger partial charge in [0.05, 0.1) is 87.6 Å². The van der Waals surface area contributed by atoms with Crippen LogP contribution >= 0.6 is 0 Å². The van der Waals surface area contributed by atoms with Gasteiger partial charge in [-0.3, -0.25) is 24.0 Å². The Bertz CT molecular complexity index is 2760. The fourth-order valence-corrected chi connectivity index (χ4v) is 9.89. The van der Waals surface area contributed by atoms with E-state index in [2.05, 4.69) is 35.6 Å². The normalized spacial score (nSPS) is 15.9. The van der Waals surface area contributed by atoms with Crippen molar-refractivity contribution in [1.29, 1.82) is 0 Å². The van der Waals surface area contributed by atoms with E-state index in [1.165, 1.54) is 23.3 Å². The van der Waals surface area contributed by atoms with Gasteiger partial charge in [0.2, 0.25) is 23.7 Å². The summed E-state index contributed by atoms with van der Waals surface area (Å²) in [6, 6.07) is 4.91. The number of halogens is 2. The molecule has 4 N–H and O–H groups in total. The van der Waals surface area contributed by atoms with Crippen LogP contribution in [0.4, 0.5) is 25.2 Å². The third-order valence-corrected chi connectivity index (χ3v) is 13.9. The maximum absolute atomic E-state index is 15.2. The largest absolute Gasteiger partial charge is 0.494 e. The summed E-state index contributed by atoms with van der Waals surface area (Å²) in [4.78, 5) is 92.4. The quantitative estimate of drug-likeness (QED) is 0.0526. The number of hydrogen-bond donors (Lipinski definition) is 4. The Morgan fingerprint density at radius 1 is 0.902 bits per heavy atom. The van der Waals surface area contributed by atoms with Gasteiger partial charge in [0.1, 0.15) is 46.7 Å². The number of benzene rings is 2. The summed E-state index contributed by atoms with van der Waals surface area (Å²) in [5, 5.41) is 11.0. The van der Waals surface area contributed by atoms with Gasteiger partial charge in [0, 0.05) is 49.1 Å². The first-order chi connectivity index (χ1) is 39.0. The molecule has 5 amide bonds. The van der Waals surface area contributed by atoms with Crippen LogP contribution in [0.5, 0.6) is 11.5 Å². The minimum Gasteiger partial charge on any atom is -0.494 e. The number of carbonyl (C=O) groups excluding carboxylic acids is 6. The lowest BCUT2D eigenvalue weighted by atomic mass is 10.0. The molecule has 82 heavy (non-hydrogen) atoms. The van der Waals surface area contributed by atoms with Gasteiger partial charge in [-0.05, 0) is 116 Å². The standard InChI is InChI=1S/C56H81F2N9O14S/c1-37(2)49(52(71)65-82(8,74)36-38-30-40-33-41(31-38)78-21-11-12-22-79-46-32-39(57)15-16-42(46)50-43(58)35-60-54(61-40)64-50)63-51(70)45-14-13-20-67(45)53(72)44(34-48(69)80-23-10-9-19-66(6)7)62-47(68)17-24-75-26-28-77-29-27-76-25-18-59-55(73)81-56(3,4)5/h15-16,30-33,35,37,44-45,49H,9-14,17-29,34,36H2,1-8H3,(H,59,73)(H,62,68)(H,63,70)(H,60,61,64)/t44-,45-,49-,82+/m0/s1. The van der Waals surface area contributed by atoms with E-state index in [0.717, 1.165) is 25.2 Å². The van der Waals surface area contributed by atoms with Crippen molar-refractivity contribution in [3.05, 3.63) is 59.8 Å². The molecule has 4 atom stereocenters. The lowest BCUT2D eigenvalue weighted by Gasteiger charge is -2.30. The van der Waals surface area contributed by atoms with E-state index in [1.54, 1.807) is 52.8 Å². The zero-order valence-electron chi connectivity index (χ0n) is 48.3. The van der Waals surface area contributed by atoms with Crippen LogP contribution in [0.3, 0.4) is 0 Å². The highest BCUT2D eigenvalue weighted by atomic mass is 32.2. The van der Waals surface area contributed by atoms with Crippen LogP contribution in [-0.2, 0) is 63.1 Å². The second kappa shape index (κ2) is 32.9. The van der Waals surface area contributed by atoms with Gasteiger partial charge < -0.3 is 64.2 Å². The van der Waals surface area contributed by atoms with E-state index in [-0.39, 0.29) is 114 Å². The average molecular weight is 1170 g/mol. The van der Waals surface area contributed by atoms with Gasteiger partial charge in [-0.25, -0.2) is 27.8 Å². The summed E-state index contributed by atoms with van der Waals surface area (Å²) in [5.41, 5.74) is 0.316. The molecule has 1 saturated heterocycles. The number of aromatic nitrogens is 2. The topological polar surface area (TPSA) is 277 Å². The molecule has 454 valence electrons. The minimum absolute atomic E-state index is 0.0199. The maximum atomic E-state index is 15.2. The molecule has 2 aromatic carbocycles. The van der Waals surface area contributed by atoms with Crippen molar-refractivity contribution in [1.82, 2.24) is 35.7 Å². The number of alkyl carbamates (subject to hydrolysis) is 1. The highest BCUT2D eigenvalue weighted by molar-refractivity contribution is 7.92. The molecule has 2 aliphatic heterocycles. The third kappa shape index (κ3) is 23.3. The Kier molecular flexibility index (Phi) is 26.5. The van der Waals surface area contributed by atoms with E-state index < -0.39 is 93.1 Å². The van der Waals surface area contributed by atoms with Gasteiger partial charge in [-0.2, -0.15) is 4.36 Å². The Morgan fingerprint density at radius 3 is 2.32 bits per heavy atom. The summed E-state index contributed by atoms with van der Waals surface area (Å²) in [7, 11) is 0.491. The number of hydrogen-bond acceptors (Lipinski definition) is 18. The molecule has 0 aliphatic carbocycles. The first-order valence-electron chi connectivity index (χ1n) is 27.6. The molecule has 23 nitrogen and oxygen atoms in total. The monoisotopic (exact) mass is 1170 g/mol. The molecule has 0 unspecified atom stereocenters. The molecule has 2 aliphatic rings. The molecule has 3 aromatic rings. The average Bonchev–Trinajstić information content (AvgIpc) is 3.99. The number of unbranched alkanes of at least 4 members (excludes halogenated alkanes) is 1. The molecule has 26 heteroatoms. The van der Waals surface area contributed by atoms with E-state index in [0.29, 0.717) is 42.7 Å². The number of carbonyl (C=O) groups is 6. The van der Waals surface area contributed by atoms with Crippen LogP contribution < -0.4 is 30.7 Å². The summed E-state index contributed by atoms with van der Waals surface area (Å²) in [5.74, 6) is -5.18. The van der Waals surface area contributed by atoms with E-state index in [4.69, 9.17) is 33.2 Å². The summed E-state index contributed by atoms with van der Waals surface area (Å²) >= 11 is 0. The number of likely N-dealkylation sites (tertiary alicyclic amines) is 1. The molecule has 1 aromatic heterocycles. The molecule has 5 rings (SSSR count). The molecule has 3 heterocycles. The van der Waals surface area contributed by atoms with E-state index in [1.807, 2.05) is 19.0 Å². The Morgan fingerprint density at radius 2 is 1.61 bits per heavy atom. The second-order valence-electron chi connectivity index (χ2n) is 21.4. The van der Waals surface area contributed by atoms with Crippen molar-refractivity contribution in [2.24, 2.45) is 10.3 Å². The molecule has 0 radical (unpaired) electrons. The van der Waals surface area contributed by atoms with Crippen molar-refractivity contribution in [2.75, 3.05) is 105 Å². The van der Waals surface area contributed by atoms with Gasteiger partial charge in [0.15, 0.2) is 5.82 Å². The fraction of sp³-hybridized carbons (Fsp3) is 0.607. The summed E-state index contributed by atoms with van der Waals surface area (Å²) < 4.78 is 87.0. The zero-order valence-corrected chi connectivity index (χ0v) is 49.1. The first kappa shape index (κ1) is 66.2. The Balaban J connectivity index is 1.20. The van der Waals surface area contributed by atoms with Crippen molar-refractivity contribution < 1.29 is 74.9 Å². The third-order valence-electron chi connectivity index (χ3n) is 12.4. The van der Waals surface area contributed by atoms with Crippen molar-refractivity contribution in [3.63, 3.8) is 0 Å². The highest BCUT2D eigenvalue weighted by Gasteiger charge is 2.40. The van der Waals surface area contributed by atoms with Crippen LogP contribution in [0.1, 0.15) is 91.5 Å². The molecule has 4 bridgehead atoms. The Labute approximate surface area is 479 Å². The van der Waals surface area contributed by atoms with Crippen molar-refractivity contribution >= 4 is 57.1 Å². The predicted molar refractivity (Wildman–Crippen MR) is 301 cm³/mol. The lowest BCUT2D eigenvalue weighted by molar-refractivity contribution is -0.149. The van der Waals surface area contributed by atoms with Crippen LogP contribution in [-0.4, -0.2) is 183 Å². The number of fused-ring (bicyclic) bond motifs is 6. The smallest absolute Gasteiger partial charge is 0.407 e. The predicted octanol–water partition coefficient (Wildman–Crippen LogP) is 5.70. The number of nitrogens with one attached hydrogen (secondary N) is 4. The number of esters is 1. The SMILES string of the molecule is CC(C)[C@H](NC(=O)[C@@H]1CCCN1C(=O)[C@H](CC(=O)OCCCCN(C)C)NC(=O)CCOCCOCCOCCNC(=O)OC(C)(C)C)C(=O)N=[S@](C)(=O)Cc1cc2cc(c1)OCCCCOc1cc(F)ccc1-c1nc(ncc1F)N2. The maximum Gasteiger partial charge on any atom is 0.407 e. The van der Waals surface area contributed by atoms with Crippen LogP contribution in [0.25, 0.3) is 11.3 Å². The number of ether oxygens (including phenoxy) is 7. The van der Waals surface area contributed by atoms with Gasteiger partial charge >= 0.3 is 12.1 Å². The first-order valence-corrected chi connectivity index (χ1v) is 29.7. The molecule has 0 saturated carbocycles. The van der Waals surface area contributed by atoms with Gasteiger partial charge in [-0.15, -0.1) is 0 Å². The summed E-state index contributed by atoms with van der Waals surface area (Å²) in [6.45, 7) is 11.5. The van der Waals surface area contributed by atoms with Crippen molar-refractivity contribution in [2.45, 2.75) is 115 Å². The zero-order chi connectivity index (χ0) is 59.8. The molecular weight excluding hydrogens is 1090 g/mol. The fourth-order valence-electron chi connectivity index (χ4n) is 8.54. The number of anilines is 2. The highest BCUT2D eigenvalue weighted by Crippen LogP contribution is 2.33. The Hall–Kier alpha value is -6.61. The van der Waals surface area contributed by atoms with Gasteiger partial charge in [0.25, 0.3) is 5.91 Å². The number of rotatable bonds is 27. The molecule has 0 spiro atoms. The van der Waals surface area contributed by atoms with Gasteiger partial charge in [-0.1, -0.05) is 13.8 Å². The minimum atomic E-state index is -3.36. The number of amides is 5. The van der Waals surface area contributed by atoms with Crippen LogP contribution in [0.15, 0.2) is 47.0 Å². The lowest BCUT2D eigenvalue weighted by Crippen LogP contribution is -2.56. The number of nitrogens with zero attached hydrogens (tertiary/aromatic N) is 5. The molecular formula is C56H81F2N9O14S. The van der Waals surface area contributed by atoms with Crippen LogP contribution in [0.2, 0.25) is 0 Å². The van der Waals surface area contributed by atoms with E-state index >= 15 is 4.39 Å². The van der Waals surface area contributed by atoms with E-state index in [9.17, 15) is 37.4 Å². The summed E-state index contributed by atoms with van der Waals surface area (Å²) in [6.07, 6.45) is 4.07. The second-order valence-corrected chi connectivity index (χ2v) is 23.8.